The Morgan fingerprint density at radius 2 is 2.33 bits per heavy atom. The van der Waals surface area contributed by atoms with Gasteiger partial charge in [-0.1, -0.05) is 0 Å². The number of nitrogens with one attached hydrogen (secondary N) is 1. The van der Waals surface area contributed by atoms with Crippen LogP contribution in [0.15, 0.2) is 11.4 Å². The predicted molar refractivity (Wildman–Crippen MR) is 75.3 cm³/mol. The zero-order chi connectivity index (χ0) is 13.4. The molecule has 0 saturated carbocycles. The van der Waals surface area contributed by atoms with Crippen molar-refractivity contribution in [2.75, 3.05) is 30.5 Å². The number of ether oxygens (including phenoxy) is 1. The zero-order valence-corrected chi connectivity index (χ0v) is 11.7. The molecule has 0 spiro atoms. The molecule has 1 amide bonds. The van der Waals surface area contributed by atoms with Gasteiger partial charge in [0.2, 0.25) is 5.91 Å². The third-order valence-corrected chi connectivity index (χ3v) is 3.97. The molecule has 0 radical (unpaired) electrons. The summed E-state index contributed by atoms with van der Waals surface area (Å²) < 4.78 is 4.63. The fourth-order valence-corrected chi connectivity index (χ4v) is 2.73. The minimum absolute atomic E-state index is 0.124. The van der Waals surface area contributed by atoms with Gasteiger partial charge in [-0.05, 0) is 30.2 Å². The number of carbonyl (C=O) groups is 2. The van der Waals surface area contributed by atoms with Crippen molar-refractivity contribution < 1.29 is 14.3 Å². The predicted octanol–water partition coefficient (Wildman–Crippen LogP) is 1.56. The maximum absolute atomic E-state index is 11.6. The molecule has 0 aliphatic rings. The van der Waals surface area contributed by atoms with Gasteiger partial charge in [-0.2, -0.15) is 11.8 Å². The molecule has 3 N–H and O–H groups in total. The topological polar surface area (TPSA) is 81.4 Å². The number of hydrogen-bond acceptors (Lipinski definition) is 6. The second-order valence-corrected chi connectivity index (χ2v) is 5.42. The highest BCUT2D eigenvalue weighted by atomic mass is 32.2. The third kappa shape index (κ3) is 4.67. The molecule has 0 bridgehead atoms. The quantitative estimate of drug-likeness (QED) is 0.588. The van der Waals surface area contributed by atoms with E-state index in [2.05, 4.69) is 10.1 Å². The molecule has 0 aliphatic heterocycles. The Labute approximate surface area is 114 Å². The second-order valence-electron chi connectivity index (χ2n) is 3.40. The second kappa shape index (κ2) is 8.12. The van der Waals surface area contributed by atoms with Gasteiger partial charge in [0.05, 0.1) is 18.6 Å². The van der Waals surface area contributed by atoms with E-state index in [4.69, 9.17) is 5.73 Å². The summed E-state index contributed by atoms with van der Waals surface area (Å²) in [5.74, 6) is 0.657. The Bertz CT molecular complexity index is 407. The van der Waals surface area contributed by atoms with Gasteiger partial charge >= 0.3 is 5.97 Å². The van der Waals surface area contributed by atoms with E-state index >= 15 is 0 Å². The van der Waals surface area contributed by atoms with Crippen molar-refractivity contribution in [1.82, 2.24) is 0 Å². The first-order chi connectivity index (χ1) is 8.69. The van der Waals surface area contributed by atoms with Crippen molar-refractivity contribution >= 4 is 40.7 Å². The molecule has 1 heterocycles. The Kier molecular flexibility index (Phi) is 6.77. The van der Waals surface area contributed by atoms with Gasteiger partial charge in [-0.3, -0.25) is 4.79 Å². The summed E-state index contributed by atoms with van der Waals surface area (Å²) in [6.45, 7) is 0.631. The van der Waals surface area contributed by atoms with Crippen LogP contribution in [0, 0.1) is 0 Å². The summed E-state index contributed by atoms with van der Waals surface area (Å²) in [7, 11) is 1.32. The SMILES string of the molecule is COC(=O)c1sccc1NC(=O)CSCCCN. The average molecular weight is 288 g/mol. The number of anilines is 1. The number of amides is 1. The van der Waals surface area contributed by atoms with Crippen LogP contribution in [0.5, 0.6) is 0 Å². The number of nitrogens with two attached hydrogens (primary N) is 1. The summed E-state index contributed by atoms with van der Waals surface area (Å²) in [6, 6.07) is 1.69. The number of hydrogen-bond donors (Lipinski definition) is 2. The van der Waals surface area contributed by atoms with Crippen LogP contribution in [-0.2, 0) is 9.53 Å². The lowest BCUT2D eigenvalue weighted by atomic mass is 10.4. The summed E-state index contributed by atoms with van der Waals surface area (Å²) >= 11 is 2.77. The Morgan fingerprint density at radius 3 is 3.00 bits per heavy atom. The first-order valence-electron chi connectivity index (χ1n) is 5.42. The third-order valence-electron chi connectivity index (χ3n) is 2.04. The molecule has 100 valence electrons. The number of carbonyl (C=O) groups excluding carboxylic acids is 2. The van der Waals surface area contributed by atoms with E-state index in [1.54, 1.807) is 11.4 Å². The largest absolute Gasteiger partial charge is 0.465 e. The van der Waals surface area contributed by atoms with E-state index < -0.39 is 5.97 Å². The van der Waals surface area contributed by atoms with Crippen LogP contribution in [0.2, 0.25) is 0 Å². The van der Waals surface area contributed by atoms with Gasteiger partial charge in [-0.25, -0.2) is 4.79 Å². The summed E-state index contributed by atoms with van der Waals surface area (Å²) in [5, 5.41) is 4.44. The molecule has 1 aromatic heterocycles. The molecular formula is C11H16N2O3S2. The molecule has 1 aromatic rings. The van der Waals surface area contributed by atoms with Crippen molar-refractivity contribution in [2.24, 2.45) is 5.73 Å². The normalized spacial score (nSPS) is 10.1. The van der Waals surface area contributed by atoms with E-state index in [1.165, 1.54) is 30.2 Å². The monoisotopic (exact) mass is 288 g/mol. The van der Waals surface area contributed by atoms with E-state index in [1.807, 2.05) is 0 Å². The number of thiophene rings is 1. The van der Waals surface area contributed by atoms with Crippen molar-refractivity contribution in [1.29, 1.82) is 0 Å². The highest BCUT2D eigenvalue weighted by Gasteiger charge is 2.15. The summed E-state index contributed by atoms with van der Waals surface area (Å²) in [5.41, 5.74) is 5.87. The van der Waals surface area contributed by atoms with Gasteiger partial charge < -0.3 is 15.8 Å². The molecule has 5 nitrogen and oxygen atoms in total. The minimum Gasteiger partial charge on any atom is -0.465 e. The molecule has 0 fully saturated rings. The van der Waals surface area contributed by atoms with Gasteiger partial charge in [-0.15, -0.1) is 11.3 Å². The lowest BCUT2D eigenvalue weighted by molar-refractivity contribution is -0.113. The summed E-state index contributed by atoms with van der Waals surface area (Å²) in [6.07, 6.45) is 0.893. The van der Waals surface area contributed by atoms with E-state index in [-0.39, 0.29) is 5.91 Å². The smallest absolute Gasteiger partial charge is 0.350 e. The van der Waals surface area contributed by atoms with Gasteiger partial charge in [0.15, 0.2) is 0 Å². The zero-order valence-electron chi connectivity index (χ0n) is 10.1. The van der Waals surface area contributed by atoms with E-state index in [0.29, 0.717) is 22.9 Å². The van der Waals surface area contributed by atoms with Crippen molar-refractivity contribution in [3.63, 3.8) is 0 Å². The summed E-state index contributed by atoms with van der Waals surface area (Å²) in [4.78, 5) is 23.4. The van der Waals surface area contributed by atoms with Crippen LogP contribution < -0.4 is 11.1 Å². The van der Waals surface area contributed by atoms with E-state index in [0.717, 1.165) is 12.2 Å². The molecule has 0 saturated heterocycles. The van der Waals surface area contributed by atoms with Crippen LogP contribution in [-0.4, -0.2) is 37.0 Å². The first-order valence-corrected chi connectivity index (χ1v) is 7.46. The Hall–Kier alpha value is -1.05. The standard InChI is InChI=1S/C11H16N2O3S2/c1-16-11(15)10-8(3-6-18-10)13-9(14)7-17-5-2-4-12/h3,6H,2,4-5,7,12H2,1H3,(H,13,14). The fourth-order valence-electron chi connectivity index (χ4n) is 1.20. The Morgan fingerprint density at radius 1 is 1.56 bits per heavy atom. The molecule has 0 aromatic carbocycles. The van der Waals surface area contributed by atoms with Crippen LogP contribution in [0.25, 0.3) is 0 Å². The van der Waals surface area contributed by atoms with Gasteiger partial charge in [0.1, 0.15) is 4.88 Å². The molecular weight excluding hydrogens is 272 g/mol. The number of esters is 1. The van der Waals surface area contributed by atoms with E-state index in [9.17, 15) is 9.59 Å². The lowest BCUT2D eigenvalue weighted by Gasteiger charge is -2.05. The maximum atomic E-state index is 11.6. The lowest BCUT2D eigenvalue weighted by Crippen LogP contribution is -2.16. The number of thioether (sulfide) groups is 1. The molecule has 0 aliphatic carbocycles. The molecule has 18 heavy (non-hydrogen) atoms. The van der Waals surface area contributed by atoms with Crippen LogP contribution in [0.4, 0.5) is 5.69 Å². The van der Waals surface area contributed by atoms with Gasteiger partial charge in [0, 0.05) is 0 Å². The molecule has 0 atom stereocenters. The molecule has 0 unspecified atom stereocenters. The van der Waals surface area contributed by atoms with Crippen LogP contribution in [0.1, 0.15) is 16.1 Å². The average Bonchev–Trinajstić information content (AvgIpc) is 2.82. The first kappa shape index (κ1) is 15.0. The highest BCUT2D eigenvalue weighted by Crippen LogP contribution is 2.23. The molecule has 7 heteroatoms. The maximum Gasteiger partial charge on any atom is 0.350 e. The number of rotatable bonds is 7. The van der Waals surface area contributed by atoms with Crippen LogP contribution in [0.3, 0.4) is 0 Å². The Balaban J connectivity index is 2.44. The van der Waals surface area contributed by atoms with Gasteiger partial charge in [0.25, 0.3) is 0 Å². The molecule has 1 rings (SSSR count). The number of methoxy groups -OCH3 is 1. The minimum atomic E-state index is -0.434. The van der Waals surface area contributed by atoms with Crippen molar-refractivity contribution in [2.45, 2.75) is 6.42 Å². The highest BCUT2D eigenvalue weighted by molar-refractivity contribution is 7.99. The van der Waals surface area contributed by atoms with Crippen molar-refractivity contribution in [3.8, 4) is 0 Å². The fraction of sp³-hybridized carbons (Fsp3) is 0.455. The van der Waals surface area contributed by atoms with Crippen molar-refractivity contribution in [3.05, 3.63) is 16.3 Å². The van der Waals surface area contributed by atoms with Crippen LogP contribution >= 0.6 is 23.1 Å².